The van der Waals surface area contributed by atoms with Crippen LogP contribution in [-0.4, -0.2) is 38.3 Å². The van der Waals surface area contributed by atoms with E-state index in [9.17, 15) is 9.59 Å². The van der Waals surface area contributed by atoms with Gasteiger partial charge in [0.2, 0.25) is 5.60 Å². The number of esters is 2. The lowest BCUT2D eigenvalue weighted by atomic mass is 9.48. The highest BCUT2D eigenvalue weighted by Crippen LogP contribution is 2.68. The van der Waals surface area contributed by atoms with E-state index in [0.717, 1.165) is 22.3 Å². The van der Waals surface area contributed by atoms with E-state index in [1.54, 1.807) is 0 Å². The number of carbonyl (C=O) groups is 2. The summed E-state index contributed by atoms with van der Waals surface area (Å²) in [5.74, 6) is -1.77. The lowest BCUT2D eigenvalue weighted by molar-refractivity contribution is -0.172. The fraction of sp³-hybridized carbons (Fsp3) is 0.364. The van der Waals surface area contributed by atoms with Crippen LogP contribution in [0.1, 0.15) is 41.9 Å². The number of rotatable bonds is 3. The zero-order valence-electron chi connectivity index (χ0n) is 16.1. The predicted molar refractivity (Wildman–Crippen MR) is 96.3 cm³/mol. The summed E-state index contributed by atoms with van der Waals surface area (Å²) < 4.78 is 24.1. The van der Waals surface area contributed by atoms with E-state index in [4.69, 9.17) is 15.6 Å². The maximum Gasteiger partial charge on any atom is 0.341 e. The minimum Gasteiger partial charge on any atom is -0.468 e. The smallest absolute Gasteiger partial charge is 0.341 e. The second-order valence-electron chi connectivity index (χ2n) is 7.37. The Morgan fingerprint density at radius 2 is 1.44 bits per heavy atom. The van der Waals surface area contributed by atoms with Crippen LogP contribution in [0.5, 0.6) is 0 Å². The molecule has 2 aromatic carbocycles. The number of hydrogen-bond donors (Lipinski definition) is 0. The first kappa shape index (κ1) is 15.4. The molecule has 0 saturated carbocycles. The van der Waals surface area contributed by atoms with Gasteiger partial charge in [0.25, 0.3) is 0 Å². The van der Waals surface area contributed by atoms with Gasteiger partial charge in [-0.05, 0) is 28.7 Å². The summed E-state index contributed by atoms with van der Waals surface area (Å²) in [5, 5.41) is 0. The third-order valence-electron chi connectivity index (χ3n) is 6.44. The molecule has 3 aliphatic carbocycles. The van der Waals surface area contributed by atoms with Gasteiger partial charge in [0, 0.05) is 11.8 Å². The molecular weight excluding hydrogens is 344 g/mol. The summed E-state index contributed by atoms with van der Waals surface area (Å²) in [5.41, 5.74) is 1.23. The average Bonchev–Trinajstić information content (AvgIpc) is 3.44. The minimum absolute atomic E-state index is 0.0885. The molecule has 1 aliphatic heterocycles. The van der Waals surface area contributed by atoms with Crippen molar-refractivity contribution in [2.75, 3.05) is 20.8 Å². The molecule has 5 nitrogen and oxygen atoms in total. The third kappa shape index (κ3) is 1.82. The summed E-state index contributed by atoms with van der Waals surface area (Å²) in [6.07, 6.45) is 0.336. The van der Waals surface area contributed by atoms with Gasteiger partial charge in [-0.15, -0.1) is 0 Å². The third-order valence-corrected chi connectivity index (χ3v) is 6.44. The first-order chi connectivity index (χ1) is 13.5. The summed E-state index contributed by atoms with van der Waals surface area (Å²) in [6.45, 7) is -1.17. The standard InChI is InChI=1S/C22H20O5/c1-25-19(23)21(22(12-27-22)20(24)26-2)11-17-13-7-3-5-9-15(13)18(21)16-10-6-4-8-14(16)17/h3-10,17-18H,11-12H2,1-2H3/t17?,18?,21-,22-/m0/s1/i12D/t12-,17?,18?,21-,22-. The Morgan fingerprint density at radius 1 is 0.963 bits per heavy atom. The second kappa shape index (κ2) is 5.42. The molecule has 138 valence electrons. The normalized spacial score (nSPS) is 35.5. The maximum atomic E-state index is 13.4. The van der Waals surface area contributed by atoms with Crippen LogP contribution in [0.15, 0.2) is 48.5 Å². The molecule has 3 atom stereocenters. The predicted octanol–water partition coefficient (Wildman–Crippen LogP) is 2.77. The first-order valence-corrected chi connectivity index (χ1v) is 8.97. The van der Waals surface area contributed by atoms with Gasteiger partial charge in [0.1, 0.15) is 5.41 Å². The van der Waals surface area contributed by atoms with E-state index in [0.29, 0.717) is 6.42 Å². The fourth-order valence-corrected chi connectivity index (χ4v) is 5.31. The number of hydrogen-bond acceptors (Lipinski definition) is 5. The maximum absolute atomic E-state index is 13.4. The Morgan fingerprint density at radius 3 is 1.89 bits per heavy atom. The minimum atomic E-state index is -1.67. The highest BCUT2D eigenvalue weighted by atomic mass is 16.6. The van der Waals surface area contributed by atoms with Gasteiger partial charge in [0.15, 0.2) is 0 Å². The summed E-state index contributed by atoms with van der Waals surface area (Å²) >= 11 is 0. The molecule has 1 saturated heterocycles. The molecule has 0 N–H and O–H groups in total. The molecule has 0 aromatic heterocycles. The van der Waals surface area contributed by atoms with Crippen LogP contribution >= 0.6 is 0 Å². The quantitative estimate of drug-likeness (QED) is 0.618. The van der Waals surface area contributed by atoms with Crippen LogP contribution in [0.25, 0.3) is 0 Å². The van der Waals surface area contributed by atoms with E-state index < -0.39 is 35.5 Å². The lowest BCUT2D eigenvalue weighted by Gasteiger charge is -2.53. The zero-order chi connectivity index (χ0) is 19.7. The van der Waals surface area contributed by atoms with E-state index in [1.807, 2.05) is 36.4 Å². The van der Waals surface area contributed by atoms with Crippen molar-refractivity contribution in [1.29, 1.82) is 0 Å². The fourth-order valence-electron chi connectivity index (χ4n) is 5.31. The number of benzene rings is 2. The Labute approximate surface area is 158 Å². The van der Waals surface area contributed by atoms with E-state index in [2.05, 4.69) is 12.1 Å². The van der Waals surface area contributed by atoms with Crippen molar-refractivity contribution in [2.24, 2.45) is 5.41 Å². The topological polar surface area (TPSA) is 65.1 Å². The van der Waals surface area contributed by atoms with E-state index >= 15 is 0 Å². The second-order valence-corrected chi connectivity index (χ2v) is 7.37. The first-order valence-electron chi connectivity index (χ1n) is 9.55. The van der Waals surface area contributed by atoms with Gasteiger partial charge in [-0.2, -0.15) is 0 Å². The molecule has 0 unspecified atom stereocenters. The molecule has 0 spiro atoms. The molecule has 1 heterocycles. The van der Waals surface area contributed by atoms with Crippen molar-refractivity contribution in [3.63, 3.8) is 0 Å². The van der Waals surface area contributed by atoms with Gasteiger partial charge in [0.05, 0.1) is 22.2 Å². The van der Waals surface area contributed by atoms with Crippen LogP contribution in [0.3, 0.4) is 0 Å². The van der Waals surface area contributed by atoms with Crippen LogP contribution < -0.4 is 0 Å². The molecule has 2 bridgehead atoms. The zero-order valence-corrected chi connectivity index (χ0v) is 15.1. The molecule has 4 aliphatic rings. The monoisotopic (exact) mass is 365 g/mol. The van der Waals surface area contributed by atoms with Crippen LogP contribution in [0.4, 0.5) is 0 Å². The van der Waals surface area contributed by atoms with Gasteiger partial charge in [-0.1, -0.05) is 48.5 Å². The van der Waals surface area contributed by atoms with Crippen LogP contribution in [0, 0.1) is 5.41 Å². The number of fused-ring (bicyclic) bond motifs is 1. The molecule has 27 heavy (non-hydrogen) atoms. The molecule has 5 heteroatoms. The van der Waals surface area contributed by atoms with Crippen LogP contribution in [0.2, 0.25) is 0 Å². The molecule has 1 fully saturated rings. The Balaban J connectivity index is 1.84. The Kier molecular flexibility index (Phi) is 3.09. The summed E-state index contributed by atoms with van der Waals surface area (Å²) in [6, 6.07) is 16.0. The van der Waals surface area contributed by atoms with Crippen molar-refractivity contribution in [2.45, 2.75) is 23.9 Å². The van der Waals surface area contributed by atoms with Crippen molar-refractivity contribution in [1.82, 2.24) is 0 Å². The number of epoxide rings is 1. The SMILES string of the molecule is [2H][C@@H]1O[C@@]1(C(=O)OC)[C@@]1(C(=O)OC)CC2c3ccccc3C1c1ccccc12. The van der Waals surface area contributed by atoms with Crippen LogP contribution in [-0.2, 0) is 23.8 Å². The molecule has 2 aromatic rings. The van der Waals surface area contributed by atoms with Crippen molar-refractivity contribution in [3.05, 3.63) is 70.8 Å². The number of ether oxygens (including phenoxy) is 3. The molecule has 0 radical (unpaired) electrons. The number of methoxy groups -OCH3 is 2. The summed E-state index contributed by atoms with van der Waals surface area (Å²) in [7, 11) is 2.57. The molecule has 6 rings (SSSR count). The van der Waals surface area contributed by atoms with E-state index in [-0.39, 0.29) is 5.92 Å². The van der Waals surface area contributed by atoms with Crippen molar-refractivity contribution >= 4 is 11.9 Å². The van der Waals surface area contributed by atoms with Gasteiger partial charge >= 0.3 is 11.9 Å². The van der Waals surface area contributed by atoms with Crippen molar-refractivity contribution in [3.8, 4) is 0 Å². The average molecular weight is 365 g/mol. The number of carbonyl (C=O) groups excluding carboxylic acids is 2. The molecule has 0 amide bonds. The van der Waals surface area contributed by atoms with Crippen molar-refractivity contribution < 1.29 is 25.2 Å². The summed E-state index contributed by atoms with van der Waals surface area (Å²) in [4.78, 5) is 26.2. The van der Waals surface area contributed by atoms with Gasteiger partial charge in [-0.25, -0.2) is 4.79 Å². The molecular formula is C22H20O5. The Hall–Kier alpha value is -2.66. The lowest BCUT2D eigenvalue weighted by Crippen LogP contribution is -2.59. The van der Waals surface area contributed by atoms with E-state index in [1.165, 1.54) is 14.2 Å². The van der Waals surface area contributed by atoms with Gasteiger partial charge in [-0.3, -0.25) is 4.79 Å². The highest BCUT2D eigenvalue weighted by molar-refractivity contribution is 5.95. The highest BCUT2D eigenvalue weighted by Gasteiger charge is 2.77. The largest absolute Gasteiger partial charge is 0.468 e. The van der Waals surface area contributed by atoms with Gasteiger partial charge < -0.3 is 14.2 Å². The Bertz CT molecular complexity index is 956.